The maximum Gasteiger partial charge on any atom is 0.305 e. The Morgan fingerprint density at radius 2 is 2.00 bits per heavy atom. The van der Waals surface area contributed by atoms with Gasteiger partial charge >= 0.3 is 5.97 Å². The number of esters is 1. The number of hydrogen-bond donors (Lipinski definition) is 1. The van der Waals surface area contributed by atoms with Gasteiger partial charge in [0, 0.05) is 6.42 Å². The Bertz CT molecular complexity index is 184. The SMILES string of the molecule is CCOC(=O)CCC(CC)OCCOCCO. The molecule has 0 aromatic rings. The fourth-order valence-electron chi connectivity index (χ4n) is 1.36. The van der Waals surface area contributed by atoms with Crippen LogP contribution >= 0.6 is 0 Å². The second-order valence-electron chi connectivity index (χ2n) is 3.58. The van der Waals surface area contributed by atoms with E-state index >= 15 is 0 Å². The van der Waals surface area contributed by atoms with Crippen LogP contribution in [-0.4, -0.2) is 50.2 Å². The van der Waals surface area contributed by atoms with Crippen molar-refractivity contribution in [3.05, 3.63) is 0 Å². The van der Waals surface area contributed by atoms with Crippen LogP contribution < -0.4 is 0 Å². The van der Waals surface area contributed by atoms with Crippen LogP contribution in [0.5, 0.6) is 0 Å². The van der Waals surface area contributed by atoms with Crippen molar-refractivity contribution in [3.8, 4) is 0 Å². The summed E-state index contributed by atoms with van der Waals surface area (Å²) in [5, 5.41) is 8.50. The van der Waals surface area contributed by atoms with Gasteiger partial charge in [-0.3, -0.25) is 4.79 Å². The summed E-state index contributed by atoms with van der Waals surface area (Å²) in [4.78, 5) is 11.1. The highest BCUT2D eigenvalue weighted by molar-refractivity contribution is 5.69. The highest BCUT2D eigenvalue weighted by Gasteiger charge is 2.10. The van der Waals surface area contributed by atoms with E-state index in [1.807, 2.05) is 6.92 Å². The number of carbonyl (C=O) groups is 1. The molecule has 0 heterocycles. The van der Waals surface area contributed by atoms with Gasteiger partial charge in [0.1, 0.15) is 0 Å². The Morgan fingerprint density at radius 3 is 2.59 bits per heavy atom. The van der Waals surface area contributed by atoms with E-state index in [2.05, 4.69) is 0 Å². The van der Waals surface area contributed by atoms with Crippen LogP contribution in [0.2, 0.25) is 0 Å². The van der Waals surface area contributed by atoms with E-state index in [0.29, 0.717) is 39.3 Å². The van der Waals surface area contributed by atoms with Gasteiger partial charge in [0.15, 0.2) is 0 Å². The Hall–Kier alpha value is -0.650. The molecule has 0 radical (unpaired) electrons. The molecule has 1 atom stereocenters. The second kappa shape index (κ2) is 11.8. The maximum atomic E-state index is 11.1. The van der Waals surface area contributed by atoms with Crippen molar-refractivity contribution in [2.45, 2.75) is 39.2 Å². The van der Waals surface area contributed by atoms with Crippen molar-refractivity contribution in [2.75, 3.05) is 33.0 Å². The average Bonchev–Trinajstić information content (AvgIpc) is 2.33. The van der Waals surface area contributed by atoms with Crippen LogP contribution in [0.25, 0.3) is 0 Å². The van der Waals surface area contributed by atoms with Crippen LogP contribution in [-0.2, 0) is 19.0 Å². The first-order chi connectivity index (χ1) is 8.24. The van der Waals surface area contributed by atoms with E-state index in [1.165, 1.54) is 0 Å². The third kappa shape index (κ3) is 10.2. The Kier molecular flexibility index (Phi) is 11.4. The largest absolute Gasteiger partial charge is 0.466 e. The topological polar surface area (TPSA) is 65.0 Å². The first-order valence-corrected chi connectivity index (χ1v) is 6.20. The zero-order valence-electron chi connectivity index (χ0n) is 10.8. The fraction of sp³-hybridized carbons (Fsp3) is 0.917. The van der Waals surface area contributed by atoms with Gasteiger partial charge in [0.25, 0.3) is 0 Å². The van der Waals surface area contributed by atoms with Gasteiger partial charge < -0.3 is 19.3 Å². The molecule has 1 N–H and O–H groups in total. The minimum absolute atomic E-state index is 0.0278. The molecule has 5 heteroatoms. The number of ether oxygens (including phenoxy) is 3. The van der Waals surface area contributed by atoms with Gasteiger partial charge in [-0.05, 0) is 19.8 Å². The molecule has 5 nitrogen and oxygen atoms in total. The van der Waals surface area contributed by atoms with Crippen molar-refractivity contribution < 1.29 is 24.1 Å². The second-order valence-corrected chi connectivity index (χ2v) is 3.58. The predicted octanol–water partition coefficient (Wildman–Crippen LogP) is 1.13. The summed E-state index contributed by atoms with van der Waals surface area (Å²) in [7, 11) is 0. The minimum atomic E-state index is -0.175. The molecule has 0 aromatic heterocycles. The van der Waals surface area contributed by atoms with Gasteiger partial charge in [-0.1, -0.05) is 6.92 Å². The third-order valence-electron chi connectivity index (χ3n) is 2.25. The van der Waals surface area contributed by atoms with Crippen molar-refractivity contribution in [2.24, 2.45) is 0 Å². The lowest BCUT2D eigenvalue weighted by Crippen LogP contribution is -2.18. The Morgan fingerprint density at radius 1 is 1.24 bits per heavy atom. The summed E-state index contributed by atoms with van der Waals surface area (Å²) in [6, 6.07) is 0. The highest BCUT2D eigenvalue weighted by atomic mass is 16.5. The molecule has 0 aliphatic carbocycles. The summed E-state index contributed by atoms with van der Waals surface area (Å²) in [6.07, 6.45) is 2.00. The molecule has 0 aromatic carbocycles. The number of carbonyl (C=O) groups excluding carboxylic acids is 1. The van der Waals surface area contributed by atoms with Crippen LogP contribution in [0.3, 0.4) is 0 Å². The van der Waals surface area contributed by atoms with Gasteiger partial charge in [-0.25, -0.2) is 0 Å². The average molecular weight is 248 g/mol. The molecular formula is C12H24O5. The van der Waals surface area contributed by atoms with Crippen LogP contribution in [0.1, 0.15) is 33.1 Å². The van der Waals surface area contributed by atoms with E-state index in [-0.39, 0.29) is 18.7 Å². The predicted molar refractivity (Wildman–Crippen MR) is 63.8 cm³/mol. The molecule has 1 unspecified atom stereocenters. The first-order valence-electron chi connectivity index (χ1n) is 6.20. The van der Waals surface area contributed by atoms with Crippen molar-refractivity contribution in [1.29, 1.82) is 0 Å². The maximum absolute atomic E-state index is 11.1. The van der Waals surface area contributed by atoms with Crippen molar-refractivity contribution in [3.63, 3.8) is 0 Å². The minimum Gasteiger partial charge on any atom is -0.466 e. The summed E-state index contributed by atoms with van der Waals surface area (Å²) in [5.41, 5.74) is 0. The molecule has 0 bridgehead atoms. The summed E-state index contributed by atoms with van der Waals surface area (Å²) >= 11 is 0. The number of aliphatic hydroxyl groups is 1. The Balaban J connectivity index is 3.51. The molecule has 0 aliphatic rings. The molecule has 0 saturated carbocycles. The molecule has 0 saturated heterocycles. The normalized spacial score (nSPS) is 12.4. The zero-order valence-corrected chi connectivity index (χ0v) is 10.8. The lowest BCUT2D eigenvalue weighted by atomic mass is 10.1. The van der Waals surface area contributed by atoms with E-state index in [1.54, 1.807) is 6.92 Å². The monoisotopic (exact) mass is 248 g/mol. The molecule has 0 rings (SSSR count). The Labute approximate surface area is 103 Å². The number of hydrogen-bond acceptors (Lipinski definition) is 5. The van der Waals surface area contributed by atoms with E-state index in [4.69, 9.17) is 19.3 Å². The van der Waals surface area contributed by atoms with Gasteiger partial charge in [-0.2, -0.15) is 0 Å². The van der Waals surface area contributed by atoms with Crippen LogP contribution in [0, 0.1) is 0 Å². The van der Waals surface area contributed by atoms with Crippen LogP contribution in [0.15, 0.2) is 0 Å². The number of aliphatic hydroxyl groups excluding tert-OH is 1. The van der Waals surface area contributed by atoms with Crippen molar-refractivity contribution >= 4 is 5.97 Å². The van der Waals surface area contributed by atoms with Gasteiger partial charge in [0.2, 0.25) is 0 Å². The first kappa shape index (κ1) is 16.4. The molecule has 0 aliphatic heterocycles. The molecule has 17 heavy (non-hydrogen) atoms. The fourth-order valence-corrected chi connectivity index (χ4v) is 1.36. The molecule has 0 spiro atoms. The molecule has 0 fully saturated rings. The summed E-state index contributed by atoms with van der Waals surface area (Å²) < 4.78 is 15.5. The van der Waals surface area contributed by atoms with Gasteiger partial charge in [0.05, 0.1) is 39.1 Å². The lowest BCUT2D eigenvalue weighted by molar-refractivity contribution is -0.144. The molecular weight excluding hydrogens is 224 g/mol. The smallest absolute Gasteiger partial charge is 0.305 e. The number of rotatable bonds is 11. The van der Waals surface area contributed by atoms with Crippen molar-refractivity contribution in [1.82, 2.24) is 0 Å². The van der Waals surface area contributed by atoms with E-state index in [9.17, 15) is 4.79 Å². The zero-order chi connectivity index (χ0) is 12.9. The molecule has 102 valence electrons. The van der Waals surface area contributed by atoms with Crippen LogP contribution in [0.4, 0.5) is 0 Å². The lowest BCUT2D eigenvalue weighted by Gasteiger charge is -2.15. The third-order valence-corrected chi connectivity index (χ3v) is 2.25. The standard InChI is InChI=1S/C12H24O5/c1-3-11(5-6-12(14)16-4-2)17-10-9-15-8-7-13/h11,13H,3-10H2,1-2H3. The summed E-state index contributed by atoms with van der Waals surface area (Å²) in [6.45, 7) is 5.56. The van der Waals surface area contributed by atoms with Gasteiger partial charge in [-0.15, -0.1) is 0 Å². The van der Waals surface area contributed by atoms with E-state index < -0.39 is 0 Å². The quantitative estimate of drug-likeness (QED) is 0.438. The summed E-state index contributed by atoms with van der Waals surface area (Å²) in [5.74, 6) is -0.175. The van der Waals surface area contributed by atoms with E-state index in [0.717, 1.165) is 6.42 Å². The highest BCUT2D eigenvalue weighted by Crippen LogP contribution is 2.07. The molecule has 0 amide bonds.